The summed E-state index contributed by atoms with van der Waals surface area (Å²) < 4.78 is 0. The van der Waals surface area contributed by atoms with Crippen molar-refractivity contribution in [2.24, 2.45) is 0 Å². The molecule has 0 bridgehead atoms. The van der Waals surface area contributed by atoms with Gasteiger partial charge in [0.25, 0.3) is 0 Å². The van der Waals surface area contributed by atoms with Crippen LogP contribution in [0, 0.1) is 19.3 Å². The van der Waals surface area contributed by atoms with Gasteiger partial charge in [-0.05, 0) is 0 Å². The quantitative estimate of drug-likeness (QED) is 0.294. The molecule has 8 heavy (non-hydrogen) atoms. The minimum absolute atomic E-state index is 0.819. The Kier molecular flexibility index (Phi) is 6.59. The fraction of sp³-hybridized carbons (Fsp3) is 0.625. The summed E-state index contributed by atoms with van der Waals surface area (Å²) in [6.45, 7) is 3.72. The van der Waals surface area contributed by atoms with Crippen LogP contribution >= 0.6 is 0 Å². The third-order valence-corrected chi connectivity index (χ3v) is 1.05. The van der Waals surface area contributed by atoms with Crippen molar-refractivity contribution in [2.45, 2.75) is 32.1 Å². The van der Waals surface area contributed by atoms with Gasteiger partial charge in [0.2, 0.25) is 0 Å². The molecule has 0 aromatic carbocycles. The second-order valence-electron chi connectivity index (χ2n) is 1.84. The Morgan fingerprint density at radius 1 is 1.25 bits per heavy atom. The van der Waals surface area contributed by atoms with Gasteiger partial charge in [-0.2, -0.15) is 0 Å². The monoisotopic (exact) mass is 108 g/mol. The van der Waals surface area contributed by atoms with Crippen LogP contribution in [0.4, 0.5) is 0 Å². The average Bonchev–Trinajstić information content (AvgIpc) is 1.81. The molecular weight excluding hydrogens is 96.1 g/mol. The van der Waals surface area contributed by atoms with E-state index in [-0.39, 0.29) is 0 Å². The van der Waals surface area contributed by atoms with Gasteiger partial charge >= 0.3 is 51.4 Å². The molecule has 0 aromatic rings. The zero-order chi connectivity index (χ0) is 6.24. The third-order valence-electron chi connectivity index (χ3n) is 1.05. The summed E-state index contributed by atoms with van der Waals surface area (Å²) in [7, 11) is 0. The molecule has 0 N–H and O–H groups in total. The van der Waals surface area contributed by atoms with Gasteiger partial charge in [0.1, 0.15) is 0 Å². The van der Waals surface area contributed by atoms with Crippen LogP contribution in [0.1, 0.15) is 32.1 Å². The summed E-state index contributed by atoms with van der Waals surface area (Å²) in [6.07, 6.45) is 11.9. The number of unbranched alkanes of at least 4 members (excludes halogenated alkanes) is 4. The molecule has 0 rings (SSSR count). The van der Waals surface area contributed by atoms with Crippen molar-refractivity contribution in [1.29, 1.82) is 0 Å². The number of hydrogen-bond donors (Lipinski definition) is 0. The summed E-state index contributed by atoms with van der Waals surface area (Å²) in [4.78, 5) is 0. The molecule has 0 heteroatoms. The molecule has 0 aliphatic carbocycles. The van der Waals surface area contributed by atoms with Gasteiger partial charge in [0.05, 0.1) is 0 Å². The summed E-state index contributed by atoms with van der Waals surface area (Å²) in [5.41, 5.74) is 0. The molecule has 0 aliphatic heterocycles. The Hall–Kier alpha value is -0.220. The zero-order valence-electron chi connectivity index (χ0n) is 5.24. The molecule has 0 unspecified atom stereocenters. The van der Waals surface area contributed by atoms with Crippen molar-refractivity contribution in [3.05, 3.63) is 13.3 Å². The summed E-state index contributed by atoms with van der Waals surface area (Å²) in [6, 6.07) is 0. The zero-order valence-corrected chi connectivity index (χ0v) is 5.24. The Morgan fingerprint density at radius 2 is 2.00 bits per heavy atom. The van der Waals surface area contributed by atoms with E-state index in [1.165, 1.54) is 12.8 Å². The van der Waals surface area contributed by atoms with Crippen LogP contribution in [0.15, 0.2) is 0 Å². The predicted octanol–water partition coefficient (Wildman–Crippen LogP) is 2.36. The van der Waals surface area contributed by atoms with Crippen molar-refractivity contribution in [3.63, 3.8) is 0 Å². The van der Waals surface area contributed by atoms with E-state index in [9.17, 15) is 0 Å². The molecule has 0 nitrogen and oxygen atoms in total. The fourth-order valence-corrected chi connectivity index (χ4v) is 0.567. The molecule has 0 atom stereocenters. The third kappa shape index (κ3) is 5.78. The Morgan fingerprint density at radius 3 is 2.50 bits per heavy atom. The van der Waals surface area contributed by atoms with E-state index in [1.807, 2.05) is 0 Å². The van der Waals surface area contributed by atoms with Gasteiger partial charge in [-0.1, -0.05) is 0 Å². The normalized spacial score (nSPS) is 8.88. The standard InChI is InChI=1S/C8H12/c1-3-5-7-8-6-4-2/h1,3,5-8H2. The molecule has 44 valence electrons. The van der Waals surface area contributed by atoms with Crippen molar-refractivity contribution < 1.29 is 0 Å². The summed E-state index contributed by atoms with van der Waals surface area (Å²) in [5.74, 6) is 2.36. The SMILES string of the molecule is [C+]#CCCCCC[CH2-]. The van der Waals surface area contributed by atoms with E-state index < -0.39 is 0 Å². The molecule has 0 saturated carbocycles. The van der Waals surface area contributed by atoms with Gasteiger partial charge < -0.3 is 0 Å². The number of hydrogen-bond acceptors (Lipinski definition) is 0. The predicted molar refractivity (Wildman–Crippen MR) is 35.6 cm³/mol. The first-order valence-corrected chi connectivity index (χ1v) is 3.10. The molecule has 0 spiro atoms. The van der Waals surface area contributed by atoms with Gasteiger partial charge in [-0.3, -0.25) is 0 Å². The maximum absolute atomic E-state index is 6.57. The van der Waals surface area contributed by atoms with Crippen molar-refractivity contribution in [1.82, 2.24) is 0 Å². The van der Waals surface area contributed by atoms with E-state index in [0.717, 1.165) is 19.3 Å². The van der Waals surface area contributed by atoms with Crippen molar-refractivity contribution in [3.8, 4) is 5.92 Å². The van der Waals surface area contributed by atoms with Crippen LogP contribution in [0.5, 0.6) is 0 Å². The van der Waals surface area contributed by atoms with Gasteiger partial charge in [0, 0.05) is 0 Å². The van der Waals surface area contributed by atoms with E-state index in [0.29, 0.717) is 0 Å². The topological polar surface area (TPSA) is 0 Å². The molecule has 0 aromatic heterocycles. The van der Waals surface area contributed by atoms with Gasteiger partial charge in [0.15, 0.2) is 0 Å². The number of rotatable bonds is 4. The summed E-state index contributed by atoms with van der Waals surface area (Å²) in [5, 5.41) is 0. The molecule has 0 radical (unpaired) electrons. The molecule has 0 amide bonds. The van der Waals surface area contributed by atoms with Crippen molar-refractivity contribution >= 4 is 0 Å². The van der Waals surface area contributed by atoms with Crippen LogP contribution in [0.3, 0.4) is 0 Å². The van der Waals surface area contributed by atoms with Crippen molar-refractivity contribution in [2.75, 3.05) is 0 Å². The first-order valence-electron chi connectivity index (χ1n) is 3.10. The summed E-state index contributed by atoms with van der Waals surface area (Å²) >= 11 is 0. The Labute approximate surface area is 52.3 Å². The molecule has 0 fully saturated rings. The molecule has 0 aliphatic rings. The molecule has 0 saturated heterocycles. The van der Waals surface area contributed by atoms with Crippen LogP contribution in [0.25, 0.3) is 0 Å². The van der Waals surface area contributed by atoms with Crippen LogP contribution in [-0.2, 0) is 0 Å². The minimum atomic E-state index is 0.819. The van der Waals surface area contributed by atoms with Crippen LogP contribution in [-0.4, -0.2) is 0 Å². The fourth-order valence-electron chi connectivity index (χ4n) is 0.567. The molecule has 0 heterocycles. The van der Waals surface area contributed by atoms with Gasteiger partial charge in [-0.15, -0.1) is 0 Å². The van der Waals surface area contributed by atoms with Crippen LogP contribution < -0.4 is 0 Å². The second-order valence-corrected chi connectivity index (χ2v) is 1.84. The second kappa shape index (κ2) is 6.78. The molecular formula is C8H12. The Balaban J connectivity index is 2.65. The first-order chi connectivity index (χ1) is 3.91. The van der Waals surface area contributed by atoms with E-state index in [1.54, 1.807) is 0 Å². The van der Waals surface area contributed by atoms with E-state index in [4.69, 9.17) is 6.42 Å². The van der Waals surface area contributed by atoms with Crippen LogP contribution in [0.2, 0.25) is 0 Å². The van der Waals surface area contributed by atoms with E-state index >= 15 is 0 Å². The Bertz CT molecular complexity index is 66.6. The average molecular weight is 108 g/mol. The van der Waals surface area contributed by atoms with Gasteiger partial charge in [-0.25, -0.2) is 0 Å². The maximum atomic E-state index is 6.57. The first kappa shape index (κ1) is 7.78. The van der Waals surface area contributed by atoms with E-state index in [2.05, 4.69) is 12.8 Å².